The molecule has 0 heterocycles. The maximum Gasteiger partial charge on any atom is 0.335 e. The van der Waals surface area contributed by atoms with Crippen LogP contribution in [0.15, 0.2) is 65.1 Å². The molecule has 0 spiro atoms. The molecule has 29 heavy (non-hydrogen) atoms. The molecule has 0 saturated carbocycles. The van der Waals surface area contributed by atoms with Crippen LogP contribution in [-0.2, 0) is 13.2 Å². The number of nitrogens with one attached hydrogen (secondary N) is 1. The molecule has 3 rings (SSSR count). The smallest absolute Gasteiger partial charge is 0.335 e. The summed E-state index contributed by atoms with van der Waals surface area (Å²) < 4.78 is 25.7. The summed E-state index contributed by atoms with van der Waals surface area (Å²) in [6.07, 6.45) is 0. The van der Waals surface area contributed by atoms with Crippen molar-refractivity contribution in [2.45, 2.75) is 13.2 Å². The van der Waals surface area contributed by atoms with Crippen LogP contribution in [-0.4, -0.2) is 18.2 Å². The molecule has 0 fully saturated rings. The van der Waals surface area contributed by atoms with E-state index < -0.39 is 5.97 Å². The third-order valence-electron chi connectivity index (χ3n) is 4.23. The van der Waals surface area contributed by atoms with Crippen molar-refractivity contribution >= 4 is 27.6 Å². The highest BCUT2D eigenvalue weighted by Crippen LogP contribution is 2.37. The average Bonchev–Trinajstić information content (AvgIpc) is 2.72. The Hall–Kier alpha value is -3.06. The van der Waals surface area contributed by atoms with Gasteiger partial charge in [-0.2, -0.15) is 0 Å². The molecule has 0 aliphatic heterocycles. The first-order valence-electron chi connectivity index (χ1n) is 8.77. The van der Waals surface area contributed by atoms with E-state index in [1.165, 1.54) is 19.2 Å². The number of aromatic carboxylic acids is 1. The molecular formula is C22H19BrFNO4. The number of carboxylic acid groups (broad SMARTS) is 1. The van der Waals surface area contributed by atoms with Gasteiger partial charge in [-0.1, -0.05) is 24.3 Å². The van der Waals surface area contributed by atoms with Crippen LogP contribution < -0.4 is 14.8 Å². The first-order valence-corrected chi connectivity index (χ1v) is 9.57. The fourth-order valence-electron chi connectivity index (χ4n) is 2.75. The van der Waals surface area contributed by atoms with E-state index >= 15 is 0 Å². The maximum absolute atomic E-state index is 13.8. The van der Waals surface area contributed by atoms with Gasteiger partial charge < -0.3 is 19.9 Å². The van der Waals surface area contributed by atoms with Crippen molar-refractivity contribution in [2.75, 3.05) is 12.4 Å². The lowest BCUT2D eigenvalue weighted by Gasteiger charge is -2.15. The fraction of sp³-hybridized carbons (Fsp3) is 0.136. The minimum absolute atomic E-state index is 0.0706. The summed E-state index contributed by atoms with van der Waals surface area (Å²) in [5.41, 5.74) is 2.25. The Morgan fingerprint density at radius 1 is 1.14 bits per heavy atom. The molecule has 0 saturated heterocycles. The molecule has 0 atom stereocenters. The van der Waals surface area contributed by atoms with Crippen LogP contribution in [0.2, 0.25) is 0 Å². The third-order valence-corrected chi connectivity index (χ3v) is 4.81. The highest BCUT2D eigenvalue weighted by Gasteiger charge is 2.13. The number of hydrogen-bond donors (Lipinski definition) is 2. The molecule has 0 unspecified atom stereocenters. The lowest BCUT2D eigenvalue weighted by Crippen LogP contribution is -2.04. The van der Waals surface area contributed by atoms with E-state index in [1.54, 1.807) is 36.4 Å². The van der Waals surface area contributed by atoms with Crippen LogP contribution in [0.5, 0.6) is 11.5 Å². The number of methoxy groups -OCH3 is 1. The number of ether oxygens (including phenoxy) is 2. The second kappa shape index (κ2) is 9.43. The van der Waals surface area contributed by atoms with Crippen molar-refractivity contribution in [1.82, 2.24) is 0 Å². The van der Waals surface area contributed by atoms with Gasteiger partial charge in [0.1, 0.15) is 12.4 Å². The summed E-state index contributed by atoms with van der Waals surface area (Å²) in [7, 11) is 1.53. The summed E-state index contributed by atoms with van der Waals surface area (Å²) in [6.45, 7) is 0.521. The number of rotatable bonds is 8. The number of hydrogen-bond acceptors (Lipinski definition) is 4. The van der Waals surface area contributed by atoms with E-state index in [-0.39, 0.29) is 18.0 Å². The number of carbonyl (C=O) groups is 1. The van der Waals surface area contributed by atoms with E-state index in [2.05, 4.69) is 21.2 Å². The van der Waals surface area contributed by atoms with Gasteiger partial charge in [-0.15, -0.1) is 0 Å². The van der Waals surface area contributed by atoms with E-state index in [4.69, 9.17) is 14.6 Å². The van der Waals surface area contributed by atoms with Crippen LogP contribution >= 0.6 is 15.9 Å². The molecule has 2 N–H and O–H groups in total. The molecule has 3 aromatic rings. The average molecular weight is 460 g/mol. The first-order chi connectivity index (χ1) is 14.0. The van der Waals surface area contributed by atoms with Crippen molar-refractivity contribution in [2.24, 2.45) is 0 Å². The molecule has 0 amide bonds. The van der Waals surface area contributed by atoms with Gasteiger partial charge in [0.2, 0.25) is 0 Å². The molecule has 7 heteroatoms. The zero-order valence-corrected chi connectivity index (χ0v) is 17.2. The number of benzene rings is 3. The van der Waals surface area contributed by atoms with Gasteiger partial charge in [0.15, 0.2) is 11.5 Å². The Morgan fingerprint density at radius 2 is 1.93 bits per heavy atom. The van der Waals surface area contributed by atoms with Crippen LogP contribution in [0.3, 0.4) is 0 Å². The molecule has 150 valence electrons. The zero-order valence-electron chi connectivity index (χ0n) is 15.6. The quantitative estimate of drug-likeness (QED) is 0.466. The Kier molecular flexibility index (Phi) is 6.72. The van der Waals surface area contributed by atoms with E-state index in [1.807, 2.05) is 12.1 Å². The van der Waals surface area contributed by atoms with Gasteiger partial charge in [0, 0.05) is 17.8 Å². The minimum Gasteiger partial charge on any atom is -0.493 e. The normalized spacial score (nSPS) is 10.4. The van der Waals surface area contributed by atoms with Gasteiger partial charge in [-0.05, 0) is 57.9 Å². The van der Waals surface area contributed by atoms with E-state index in [0.29, 0.717) is 33.8 Å². The summed E-state index contributed by atoms with van der Waals surface area (Å²) >= 11 is 3.48. The molecular weight excluding hydrogens is 441 g/mol. The molecule has 0 radical (unpaired) electrons. The van der Waals surface area contributed by atoms with Gasteiger partial charge in [0.05, 0.1) is 17.1 Å². The first kappa shape index (κ1) is 20.7. The second-order valence-electron chi connectivity index (χ2n) is 6.23. The predicted molar refractivity (Wildman–Crippen MR) is 112 cm³/mol. The number of halogens is 2. The highest BCUT2D eigenvalue weighted by atomic mass is 79.9. The molecule has 0 aliphatic carbocycles. The largest absolute Gasteiger partial charge is 0.493 e. The summed E-state index contributed by atoms with van der Waals surface area (Å²) in [5.74, 6) is -0.319. The molecule has 3 aromatic carbocycles. The Balaban J connectivity index is 1.73. The highest BCUT2D eigenvalue weighted by molar-refractivity contribution is 9.10. The zero-order chi connectivity index (χ0) is 20.8. The molecule has 0 aliphatic rings. The van der Waals surface area contributed by atoms with Gasteiger partial charge in [-0.25, -0.2) is 9.18 Å². The van der Waals surface area contributed by atoms with Gasteiger partial charge >= 0.3 is 5.97 Å². The van der Waals surface area contributed by atoms with Crippen molar-refractivity contribution in [3.63, 3.8) is 0 Å². The molecule has 0 bridgehead atoms. The maximum atomic E-state index is 13.8. The summed E-state index contributed by atoms with van der Waals surface area (Å²) in [6, 6.07) is 16.7. The lowest BCUT2D eigenvalue weighted by atomic mass is 10.1. The Labute approximate surface area is 176 Å². The Bertz CT molecular complexity index is 1030. The molecule has 0 aromatic heterocycles. The SMILES string of the molecule is COc1cc(CNc2cccc(C(=O)O)c2)cc(Br)c1OCc1ccccc1F. The number of carboxylic acids is 1. The lowest BCUT2D eigenvalue weighted by molar-refractivity contribution is 0.0697. The summed E-state index contributed by atoms with van der Waals surface area (Å²) in [4.78, 5) is 11.1. The topological polar surface area (TPSA) is 67.8 Å². The second-order valence-corrected chi connectivity index (χ2v) is 7.08. The Morgan fingerprint density at radius 3 is 2.66 bits per heavy atom. The van der Waals surface area contributed by atoms with Crippen LogP contribution in [0.25, 0.3) is 0 Å². The standard InChI is InChI=1S/C22H19BrFNO4/c1-28-20-10-14(12-25-17-7-4-6-15(11-17)22(26)27)9-18(23)21(20)29-13-16-5-2-3-8-19(16)24/h2-11,25H,12-13H2,1H3,(H,26,27). The van der Waals surface area contributed by atoms with Crippen LogP contribution in [0.4, 0.5) is 10.1 Å². The van der Waals surface area contributed by atoms with Crippen molar-refractivity contribution in [3.05, 3.63) is 87.6 Å². The van der Waals surface area contributed by atoms with E-state index in [0.717, 1.165) is 5.56 Å². The summed E-state index contributed by atoms with van der Waals surface area (Å²) in [5, 5.41) is 12.3. The van der Waals surface area contributed by atoms with Crippen LogP contribution in [0.1, 0.15) is 21.5 Å². The molecule has 5 nitrogen and oxygen atoms in total. The van der Waals surface area contributed by atoms with Gasteiger partial charge in [0.25, 0.3) is 0 Å². The fourth-order valence-corrected chi connectivity index (χ4v) is 3.35. The van der Waals surface area contributed by atoms with Crippen LogP contribution in [0, 0.1) is 5.82 Å². The number of anilines is 1. The van der Waals surface area contributed by atoms with Crippen molar-refractivity contribution in [1.29, 1.82) is 0 Å². The third kappa shape index (κ3) is 5.26. The monoisotopic (exact) mass is 459 g/mol. The minimum atomic E-state index is -0.977. The van der Waals surface area contributed by atoms with Crippen molar-refractivity contribution < 1.29 is 23.8 Å². The predicted octanol–water partition coefficient (Wildman–Crippen LogP) is 5.49. The van der Waals surface area contributed by atoms with Gasteiger partial charge in [-0.3, -0.25) is 0 Å². The van der Waals surface area contributed by atoms with Crippen molar-refractivity contribution in [3.8, 4) is 11.5 Å². The van der Waals surface area contributed by atoms with E-state index in [9.17, 15) is 9.18 Å².